The van der Waals surface area contributed by atoms with Gasteiger partial charge in [0.1, 0.15) is 5.75 Å². The zero-order valence-corrected chi connectivity index (χ0v) is 29.0. The number of hydrogen-bond donors (Lipinski definition) is 4. The normalized spacial score (nSPS) is 20.1. The lowest BCUT2D eigenvalue weighted by Crippen LogP contribution is -2.48. The third-order valence-corrected chi connectivity index (χ3v) is 8.77. The SMILES string of the molecule is C[C@@H]1CCCCO[C@@H](CN(C)C(=O)Nc2ccccc2)[C@@H](C)CN([C@H](C)CO)C(=O)c2cc(NC(=O)Nc3ccc4c(c3)OCO4)ccc2O1. The van der Waals surface area contributed by atoms with Crippen LogP contribution >= 0.6 is 0 Å². The molecule has 0 unspecified atom stereocenters. The molecule has 0 saturated carbocycles. The maximum atomic E-state index is 14.4. The Morgan fingerprint density at radius 2 is 1.62 bits per heavy atom. The van der Waals surface area contributed by atoms with Gasteiger partial charge in [-0.25, -0.2) is 9.59 Å². The van der Waals surface area contributed by atoms with Crippen molar-refractivity contribution in [2.24, 2.45) is 5.92 Å². The lowest BCUT2D eigenvalue weighted by molar-refractivity contribution is -0.0115. The van der Waals surface area contributed by atoms with Crippen LogP contribution in [0.1, 0.15) is 50.4 Å². The van der Waals surface area contributed by atoms with Crippen LogP contribution in [0.25, 0.3) is 0 Å². The minimum absolute atomic E-state index is 0.121. The Bertz CT molecular complexity index is 1620. The smallest absolute Gasteiger partial charge is 0.323 e. The molecule has 3 aromatic carbocycles. The highest BCUT2D eigenvalue weighted by molar-refractivity contribution is 6.02. The van der Waals surface area contributed by atoms with E-state index in [4.69, 9.17) is 18.9 Å². The number of aliphatic hydroxyl groups is 1. The number of hydrogen-bond acceptors (Lipinski definition) is 8. The largest absolute Gasteiger partial charge is 0.490 e. The summed E-state index contributed by atoms with van der Waals surface area (Å²) in [7, 11) is 1.71. The monoisotopic (exact) mass is 689 g/mol. The first-order chi connectivity index (χ1) is 24.1. The summed E-state index contributed by atoms with van der Waals surface area (Å²) in [5.74, 6) is 0.929. The van der Waals surface area contributed by atoms with E-state index < -0.39 is 18.2 Å². The first kappa shape index (κ1) is 36.3. The van der Waals surface area contributed by atoms with Crippen LogP contribution < -0.4 is 30.2 Å². The van der Waals surface area contributed by atoms with E-state index in [1.165, 1.54) is 0 Å². The number of para-hydroxylation sites is 1. The predicted octanol–water partition coefficient (Wildman–Crippen LogP) is 6.02. The number of likely N-dealkylation sites (N-methyl/N-ethyl adjacent to an activating group) is 1. The van der Waals surface area contributed by atoms with E-state index in [1.54, 1.807) is 60.2 Å². The zero-order valence-electron chi connectivity index (χ0n) is 29.0. The van der Waals surface area contributed by atoms with Gasteiger partial charge in [0.15, 0.2) is 11.5 Å². The predicted molar refractivity (Wildman–Crippen MR) is 190 cm³/mol. The summed E-state index contributed by atoms with van der Waals surface area (Å²) in [6.45, 7) is 6.55. The van der Waals surface area contributed by atoms with Gasteiger partial charge in [-0.1, -0.05) is 25.1 Å². The highest BCUT2D eigenvalue weighted by atomic mass is 16.7. The number of ether oxygens (including phenoxy) is 4. The summed E-state index contributed by atoms with van der Waals surface area (Å²) in [5.41, 5.74) is 1.83. The van der Waals surface area contributed by atoms with Gasteiger partial charge in [0.05, 0.1) is 30.4 Å². The molecular formula is C37H47N5O8. The highest BCUT2D eigenvalue weighted by Crippen LogP contribution is 2.34. The molecule has 4 N–H and O–H groups in total. The number of benzene rings is 3. The average molecular weight is 690 g/mol. The molecule has 3 aromatic rings. The van der Waals surface area contributed by atoms with Gasteiger partial charge in [-0.2, -0.15) is 0 Å². The Kier molecular flexibility index (Phi) is 12.4. The lowest BCUT2D eigenvalue weighted by Gasteiger charge is -2.35. The number of anilines is 3. The zero-order chi connectivity index (χ0) is 35.6. The Hall–Kier alpha value is -5.01. The van der Waals surface area contributed by atoms with Crippen molar-refractivity contribution < 1.29 is 38.4 Å². The number of carbonyl (C=O) groups is 3. The van der Waals surface area contributed by atoms with Gasteiger partial charge in [0.2, 0.25) is 6.79 Å². The summed E-state index contributed by atoms with van der Waals surface area (Å²) in [6.07, 6.45) is 1.76. The van der Waals surface area contributed by atoms with E-state index >= 15 is 0 Å². The summed E-state index contributed by atoms with van der Waals surface area (Å²) < 4.78 is 23.4. The van der Waals surface area contributed by atoms with Crippen molar-refractivity contribution in [1.82, 2.24) is 9.80 Å². The molecule has 13 nitrogen and oxygen atoms in total. The fraction of sp³-hybridized carbons (Fsp3) is 0.432. The van der Waals surface area contributed by atoms with E-state index in [2.05, 4.69) is 16.0 Å². The quantitative estimate of drug-likeness (QED) is 0.235. The molecule has 4 atom stereocenters. The minimum Gasteiger partial charge on any atom is -0.490 e. The molecule has 2 aliphatic rings. The third-order valence-electron chi connectivity index (χ3n) is 8.77. The third kappa shape index (κ3) is 9.57. The van der Waals surface area contributed by atoms with E-state index in [0.717, 1.165) is 19.3 Å². The number of nitrogens with zero attached hydrogens (tertiary/aromatic N) is 2. The van der Waals surface area contributed by atoms with E-state index in [-0.39, 0.29) is 56.0 Å². The van der Waals surface area contributed by atoms with Gasteiger partial charge in [-0.05, 0) is 75.6 Å². The van der Waals surface area contributed by atoms with Crippen LogP contribution in [0.2, 0.25) is 0 Å². The minimum atomic E-state index is -0.547. The molecule has 0 saturated heterocycles. The van der Waals surface area contributed by atoms with Gasteiger partial charge in [0.25, 0.3) is 5.91 Å². The lowest BCUT2D eigenvalue weighted by atomic mass is 10.0. The van der Waals surface area contributed by atoms with Crippen LogP contribution in [0.4, 0.5) is 26.7 Å². The van der Waals surface area contributed by atoms with Crippen LogP contribution in [0.5, 0.6) is 17.2 Å². The highest BCUT2D eigenvalue weighted by Gasteiger charge is 2.31. The molecule has 5 rings (SSSR count). The number of rotatable bonds is 7. The molecule has 0 bridgehead atoms. The molecular weight excluding hydrogens is 642 g/mol. The maximum Gasteiger partial charge on any atom is 0.323 e. The first-order valence-corrected chi connectivity index (χ1v) is 17.0. The summed E-state index contributed by atoms with van der Waals surface area (Å²) >= 11 is 0. The summed E-state index contributed by atoms with van der Waals surface area (Å²) in [6, 6.07) is 17.9. The van der Waals surface area contributed by atoms with Gasteiger partial charge in [-0.15, -0.1) is 0 Å². The molecule has 13 heteroatoms. The van der Waals surface area contributed by atoms with E-state index in [0.29, 0.717) is 40.9 Å². The average Bonchev–Trinajstić information content (AvgIpc) is 3.58. The number of urea groups is 2. The number of amides is 5. The Morgan fingerprint density at radius 3 is 2.36 bits per heavy atom. The molecule has 0 fully saturated rings. The van der Waals surface area contributed by atoms with Crippen molar-refractivity contribution in [3.63, 3.8) is 0 Å². The molecule has 5 amide bonds. The molecule has 0 aromatic heterocycles. The standard InChI is InChI=1S/C37H47N5O8/c1-24-20-42(25(2)22-43)35(44)30-18-28(38-36(45)39-29-14-16-32-33(19-29)49-23-48-32)13-15-31(30)50-26(3)10-8-9-17-47-34(24)21-41(4)37(46)40-27-11-6-5-7-12-27/h5-7,11-16,18-19,24-26,34,43H,8-10,17,20-23H2,1-4H3,(H,40,46)(H2,38,39,45)/t24-,25+,26+,34-/m0/s1. The van der Waals surface area contributed by atoms with E-state index in [9.17, 15) is 19.5 Å². The van der Waals surface area contributed by atoms with Crippen molar-refractivity contribution >= 4 is 35.0 Å². The summed E-state index contributed by atoms with van der Waals surface area (Å²) in [5, 5.41) is 18.7. The van der Waals surface area contributed by atoms with Crippen LogP contribution in [0, 0.1) is 5.92 Å². The van der Waals surface area contributed by atoms with Crippen molar-refractivity contribution in [1.29, 1.82) is 0 Å². The Labute approximate surface area is 292 Å². The fourth-order valence-corrected chi connectivity index (χ4v) is 5.82. The van der Waals surface area contributed by atoms with Crippen molar-refractivity contribution in [3.05, 3.63) is 72.3 Å². The van der Waals surface area contributed by atoms with Gasteiger partial charge >= 0.3 is 12.1 Å². The molecule has 50 heavy (non-hydrogen) atoms. The molecule has 2 aliphatic heterocycles. The maximum absolute atomic E-state index is 14.4. The van der Waals surface area contributed by atoms with Crippen LogP contribution in [-0.2, 0) is 4.74 Å². The van der Waals surface area contributed by atoms with E-state index in [1.807, 2.05) is 44.2 Å². The molecule has 0 radical (unpaired) electrons. The van der Waals surface area contributed by atoms with Gasteiger partial charge < -0.3 is 49.8 Å². The van der Waals surface area contributed by atoms with Gasteiger partial charge in [-0.3, -0.25) is 4.79 Å². The second kappa shape index (κ2) is 17.1. The van der Waals surface area contributed by atoms with Crippen LogP contribution in [-0.4, -0.2) is 91.3 Å². The molecule has 2 heterocycles. The number of aliphatic hydroxyl groups excluding tert-OH is 1. The van der Waals surface area contributed by atoms with Crippen LogP contribution in [0.3, 0.4) is 0 Å². The van der Waals surface area contributed by atoms with Gasteiger partial charge in [0, 0.05) is 55.8 Å². The molecule has 0 aliphatic carbocycles. The number of nitrogens with one attached hydrogen (secondary N) is 3. The van der Waals surface area contributed by atoms with Crippen molar-refractivity contribution in [2.45, 2.75) is 58.3 Å². The first-order valence-electron chi connectivity index (χ1n) is 17.0. The molecule has 0 spiro atoms. The second-order valence-electron chi connectivity index (χ2n) is 12.8. The Morgan fingerprint density at radius 1 is 0.920 bits per heavy atom. The van der Waals surface area contributed by atoms with Crippen molar-refractivity contribution in [2.75, 3.05) is 56.1 Å². The second-order valence-corrected chi connectivity index (χ2v) is 12.8. The Balaban J connectivity index is 1.36. The fourth-order valence-electron chi connectivity index (χ4n) is 5.82. The number of carbonyl (C=O) groups excluding carboxylic acids is 3. The topological polar surface area (TPSA) is 151 Å². The van der Waals surface area contributed by atoms with Crippen LogP contribution in [0.15, 0.2) is 66.7 Å². The van der Waals surface area contributed by atoms with Crippen molar-refractivity contribution in [3.8, 4) is 17.2 Å². The molecule has 268 valence electrons. The number of fused-ring (bicyclic) bond motifs is 2. The summed E-state index contributed by atoms with van der Waals surface area (Å²) in [4.78, 5) is 43.6.